The van der Waals surface area contributed by atoms with Crippen LogP contribution in [0.2, 0.25) is 5.02 Å². The molecule has 1 saturated heterocycles. The smallest absolute Gasteiger partial charge is 0.270 e. The third kappa shape index (κ3) is 5.29. The first kappa shape index (κ1) is 24.8. The zero-order chi connectivity index (χ0) is 25.9. The number of aryl methyl sites for hydroxylation is 1. The summed E-state index contributed by atoms with van der Waals surface area (Å²) in [5.74, 6) is -0.627. The number of aromatic nitrogens is 2. The number of hydrogen-bond donors (Lipinski definition) is 1. The Morgan fingerprint density at radius 2 is 1.68 bits per heavy atom. The van der Waals surface area contributed by atoms with E-state index < -0.39 is 0 Å². The maximum absolute atomic E-state index is 13.2. The lowest BCUT2D eigenvalue weighted by molar-refractivity contribution is 0.0746. The molecule has 2 aromatic heterocycles. The van der Waals surface area contributed by atoms with Crippen molar-refractivity contribution in [3.63, 3.8) is 0 Å². The summed E-state index contributed by atoms with van der Waals surface area (Å²) >= 11 is 6.14. The summed E-state index contributed by atoms with van der Waals surface area (Å²) in [6, 6.07) is 17.3. The van der Waals surface area contributed by atoms with Gasteiger partial charge in [-0.1, -0.05) is 30.7 Å². The van der Waals surface area contributed by atoms with Gasteiger partial charge in [0, 0.05) is 50.2 Å². The molecule has 1 fully saturated rings. The topological polar surface area (TPSA) is 70.0 Å². The Bertz CT molecular complexity index is 1430. The molecule has 0 aliphatic carbocycles. The highest BCUT2D eigenvalue weighted by Crippen LogP contribution is 2.20. The highest BCUT2D eigenvalue weighted by molar-refractivity contribution is 6.30. The maximum Gasteiger partial charge on any atom is 0.270 e. The molecule has 0 spiro atoms. The first-order chi connectivity index (χ1) is 17.9. The van der Waals surface area contributed by atoms with Crippen LogP contribution >= 0.6 is 11.6 Å². The van der Waals surface area contributed by atoms with Gasteiger partial charge in [0.1, 0.15) is 17.2 Å². The van der Waals surface area contributed by atoms with Crippen LogP contribution in [-0.4, -0.2) is 52.3 Å². The van der Waals surface area contributed by atoms with E-state index in [-0.39, 0.29) is 17.6 Å². The van der Waals surface area contributed by atoms with Crippen molar-refractivity contribution in [2.24, 2.45) is 0 Å². The van der Waals surface area contributed by atoms with Crippen LogP contribution in [0.1, 0.15) is 39.0 Å². The average molecular weight is 520 g/mol. The number of benzene rings is 2. The number of nitrogens with zero attached hydrogens (tertiary/aromatic N) is 4. The van der Waals surface area contributed by atoms with Crippen molar-refractivity contribution in [2.75, 3.05) is 31.1 Å². The van der Waals surface area contributed by atoms with Gasteiger partial charge in [-0.15, -0.1) is 0 Å². The van der Waals surface area contributed by atoms with Crippen LogP contribution in [0.3, 0.4) is 0 Å². The van der Waals surface area contributed by atoms with E-state index in [1.54, 1.807) is 27.6 Å². The normalized spacial score (nSPS) is 13.7. The van der Waals surface area contributed by atoms with Crippen LogP contribution in [0, 0.1) is 5.82 Å². The summed E-state index contributed by atoms with van der Waals surface area (Å²) in [4.78, 5) is 34.3. The summed E-state index contributed by atoms with van der Waals surface area (Å²) in [7, 11) is 0. The van der Waals surface area contributed by atoms with Gasteiger partial charge in [-0.25, -0.2) is 9.37 Å². The molecular formula is C28H27ClFN5O2. The fourth-order valence-electron chi connectivity index (χ4n) is 4.59. The van der Waals surface area contributed by atoms with Crippen LogP contribution < -0.4 is 10.2 Å². The van der Waals surface area contributed by atoms with Crippen molar-refractivity contribution in [3.05, 3.63) is 100 Å². The number of fused-ring (bicyclic) bond motifs is 1. The summed E-state index contributed by atoms with van der Waals surface area (Å²) < 4.78 is 14.9. The summed E-state index contributed by atoms with van der Waals surface area (Å²) in [5.41, 5.74) is 4.46. The van der Waals surface area contributed by atoms with Crippen molar-refractivity contribution < 1.29 is 14.0 Å². The monoisotopic (exact) mass is 519 g/mol. The molecule has 1 aliphatic heterocycles. The van der Waals surface area contributed by atoms with Crippen molar-refractivity contribution in [3.8, 4) is 0 Å². The van der Waals surface area contributed by atoms with Gasteiger partial charge in [0.25, 0.3) is 11.8 Å². The largest absolute Gasteiger partial charge is 0.368 e. The quantitative estimate of drug-likeness (QED) is 0.405. The Kier molecular flexibility index (Phi) is 7.10. The Morgan fingerprint density at radius 1 is 0.973 bits per heavy atom. The predicted molar refractivity (Wildman–Crippen MR) is 142 cm³/mol. The molecule has 2 amide bonds. The molecule has 190 valence electrons. The van der Waals surface area contributed by atoms with Crippen molar-refractivity contribution in [1.82, 2.24) is 19.6 Å². The van der Waals surface area contributed by atoms with Gasteiger partial charge in [0.05, 0.1) is 10.7 Å². The number of carbonyl (C=O) groups is 2. The fraction of sp³-hybridized carbons (Fsp3) is 0.250. The molecule has 37 heavy (non-hydrogen) atoms. The van der Waals surface area contributed by atoms with Gasteiger partial charge in [-0.2, -0.15) is 0 Å². The van der Waals surface area contributed by atoms with E-state index in [0.29, 0.717) is 61.1 Å². The van der Waals surface area contributed by atoms with E-state index in [4.69, 9.17) is 11.6 Å². The molecule has 9 heteroatoms. The van der Waals surface area contributed by atoms with E-state index in [2.05, 4.69) is 15.2 Å². The number of rotatable bonds is 6. The van der Waals surface area contributed by atoms with Crippen LogP contribution in [0.25, 0.3) is 5.65 Å². The fourth-order valence-corrected chi connectivity index (χ4v) is 4.75. The van der Waals surface area contributed by atoms with E-state index in [1.165, 1.54) is 24.3 Å². The molecule has 0 radical (unpaired) electrons. The van der Waals surface area contributed by atoms with Gasteiger partial charge < -0.3 is 15.1 Å². The first-order valence-corrected chi connectivity index (χ1v) is 12.6. The molecule has 2 aromatic carbocycles. The molecule has 0 bridgehead atoms. The van der Waals surface area contributed by atoms with Crippen LogP contribution in [0.4, 0.5) is 10.1 Å². The van der Waals surface area contributed by atoms with E-state index in [1.807, 2.05) is 31.2 Å². The zero-order valence-electron chi connectivity index (χ0n) is 20.5. The zero-order valence-corrected chi connectivity index (χ0v) is 21.2. The van der Waals surface area contributed by atoms with Crippen LogP contribution in [0.5, 0.6) is 0 Å². The summed E-state index contributed by atoms with van der Waals surface area (Å²) in [5, 5.41) is 3.54. The minimum Gasteiger partial charge on any atom is -0.368 e. The number of halogens is 2. The first-order valence-electron chi connectivity index (χ1n) is 12.3. The summed E-state index contributed by atoms with van der Waals surface area (Å²) in [6.07, 6.45) is 2.35. The molecule has 1 N–H and O–H groups in total. The van der Waals surface area contributed by atoms with Gasteiger partial charge in [0.2, 0.25) is 0 Å². The minimum atomic E-state index is -0.352. The Labute approximate surface area is 219 Å². The highest BCUT2D eigenvalue weighted by Gasteiger charge is 2.23. The van der Waals surface area contributed by atoms with Crippen molar-refractivity contribution >= 4 is 34.7 Å². The van der Waals surface area contributed by atoms with Gasteiger partial charge in [0.15, 0.2) is 0 Å². The van der Waals surface area contributed by atoms with E-state index in [0.717, 1.165) is 16.9 Å². The Hall–Kier alpha value is -3.91. The lowest BCUT2D eigenvalue weighted by Gasteiger charge is -2.36. The minimum absolute atomic E-state index is 0.0785. The third-order valence-electron chi connectivity index (χ3n) is 6.62. The second-order valence-electron chi connectivity index (χ2n) is 8.97. The molecule has 5 rings (SSSR count). The Morgan fingerprint density at radius 3 is 2.35 bits per heavy atom. The number of piperazine rings is 1. The number of hydrogen-bond acceptors (Lipinski definition) is 4. The Balaban J connectivity index is 1.18. The van der Waals surface area contributed by atoms with Gasteiger partial charge in [-0.3, -0.25) is 14.0 Å². The number of pyridine rings is 1. The number of carbonyl (C=O) groups excluding carboxylic acids is 2. The molecule has 0 saturated carbocycles. The standard InChI is InChI=1S/C28H27ClFN5O2/c1-2-24-26(35-18-21(29)7-12-25(35)32-24)27(36)31-17-19-3-10-23(11-4-19)33-13-15-34(16-14-33)28(37)20-5-8-22(30)9-6-20/h3-12,18H,2,13-17H2,1H3,(H,31,36). The molecular weight excluding hydrogens is 493 g/mol. The number of imidazole rings is 1. The number of anilines is 1. The van der Waals surface area contributed by atoms with Gasteiger partial charge >= 0.3 is 0 Å². The second-order valence-corrected chi connectivity index (χ2v) is 9.41. The molecule has 4 aromatic rings. The number of amides is 2. The highest BCUT2D eigenvalue weighted by atomic mass is 35.5. The molecule has 1 aliphatic rings. The molecule has 3 heterocycles. The molecule has 0 unspecified atom stereocenters. The SMILES string of the molecule is CCc1nc2ccc(Cl)cn2c1C(=O)NCc1ccc(N2CCN(C(=O)c3ccc(F)cc3)CC2)cc1. The predicted octanol–water partition coefficient (Wildman–Crippen LogP) is 4.58. The van der Waals surface area contributed by atoms with Crippen molar-refractivity contribution in [2.45, 2.75) is 19.9 Å². The molecule has 0 atom stereocenters. The lowest BCUT2D eigenvalue weighted by Crippen LogP contribution is -2.48. The third-order valence-corrected chi connectivity index (χ3v) is 6.84. The van der Waals surface area contributed by atoms with Crippen molar-refractivity contribution in [1.29, 1.82) is 0 Å². The second kappa shape index (κ2) is 10.6. The maximum atomic E-state index is 13.2. The van der Waals surface area contributed by atoms with E-state index >= 15 is 0 Å². The van der Waals surface area contributed by atoms with Crippen LogP contribution in [-0.2, 0) is 13.0 Å². The molecule has 7 nitrogen and oxygen atoms in total. The number of nitrogens with one attached hydrogen (secondary N) is 1. The van der Waals surface area contributed by atoms with E-state index in [9.17, 15) is 14.0 Å². The summed E-state index contributed by atoms with van der Waals surface area (Å²) in [6.45, 7) is 4.96. The van der Waals surface area contributed by atoms with Crippen LogP contribution in [0.15, 0.2) is 66.9 Å². The average Bonchev–Trinajstić information content (AvgIpc) is 3.30. The van der Waals surface area contributed by atoms with Gasteiger partial charge in [-0.05, 0) is 60.5 Å². The lowest BCUT2D eigenvalue weighted by atomic mass is 10.1.